The molecule has 0 aliphatic rings. The van der Waals surface area contributed by atoms with E-state index in [1.54, 1.807) is 13.2 Å². The molecule has 2 N–H and O–H groups in total. The second kappa shape index (κ2) is 9.98. The highest BCUT2D eigenvalue weighted by Gasteiger charge is 2.05. The summed E-state index contributed by atoms with van der Waals surface area (Å²) in [4.78, 5) is 0. The van der Waals surface area contributed by atoms with Gasteiger partial charge < -0.3 is 15.2 Å². The van der Waals surface area contributed by atoms with Gasteiger partial charge >= 0.3 is 0 Å². The van der Waals surface area contributed by atoms with E-state index in [0.29, 0.717) is 12.3 Å². The molecule has 0 saturated carbocycles. The van der Waals surface area contributed by atoms with Crippen LogP contribution in [0.25, 0.3) is 0 Å². The van der Waals surface area contributed by atoms with Crippen LogP contribution in [0.2, 0.25) is 0 Å². The first-order valence-corrected chi connectivity index (χ1v) is 8.23. The van der Waals surface area contributed by atoms with Crippen LogP contribution in [0.15, 0.2) is 18.2 Å². The average Bonchev–Trinajstić information content (AvgIpc) is 2.43. The number of rotatable bonds is 10. The summed E-state index contributed by atoms with van der Waals surface area (Å²) in [5, 5.41) is 13.3. The van der Waals surface area contributed by atoms with Crippen LogP contribution in [-0.2, 0) is 6.54 Å². The zero-order valence-electron chi connectivity index (χ0n) is 11.9. The van der Waals surface area contributed by atoms with Gasteiger partial charge in [-0.3, -0.25) is 0 Å². The number of ether oxygens (including phenoxy) is 1. The number of methoxy groups -OCH3 is 1. The minimum absolute atomic E-state index is 0.248. The van der Waals surface area contributed by atoms with E-state index in [9.17, 15) is 5.11 Å². The molecule has 0 aliphatic carbocycles. The maximum absolute atomic E-state index is 9.92. The van der Waals surface area contributed by atoms with Gasteiger partial charge in [0.25, 0.3) is 0 Å². The molecule has 0 fully saturated rings. The zero-order chi connectivity index (χ0) is 13.9. The summed E-state index contributed by atoms with van der Waals surface area (Å²) in [5.74, 6) is 2.05. The normalized spacial score (nSPS) is 10.6. The minimum atomic E-state index is 0.248. The number of para-hydroxylation sites is 1. The second-order valence-corrected chi connectivity index (χ2v) is 5.54. The van der Waals surface area contributed by atoms with E-state index in [1.165, 1.54) is 31.4 Å². The highest BCUT2D eigenvalue weighted by molar-refractivity contribution is 7.98. The molecule has 1 aromatic carbocycles. The summed E-state index contributed by atoms with van der Waals surface area (Å²) in [6, 6.07) is 5.59. The number of hydrogen-bond donors (Lipinski definition) is 2. The topological polar surface area (TPSA) is 41.5 Å². The fourth-order valence-electron chi connectivity index (χ4n) is 1.95. The Hall–Kier alpha value is -0.870. The van der Waals surface area contributed by atoms with E-state index in [0.717, 1.165) is 12.1 Å². The highest BCUT2D eigenvalue weighted by atomic mass is 32.2. The Kier molecular flexibility index (Phi) is 8.50. The molecule has 0 unspecified atom stereocenters. The van der Waals surface area contributed by atoms with E-state index in [-0.39, 0.29) is 5.75 Å². The standard InChI is InChI=1S/C15H25NO2S/c1-18-14-9-7-8-13(15(14)17)12-16-10-5-3-4-6-11-19-2/h7-9,16-17H,3-6,10-12H2,1-2H3. The molecule has 108 valence electrons. The van der Waals surface area contributed by atoms with Gasteiger partial charge in [-0.15, -0.1) is 0 Å². The van der Waals surface area contributed by atoms with Crippen molar-refractivity contribution >= 4 is 11.8 Å². The molecule has 0 aliphatic heterocycles. The Balaban J connectivity index is 2.16. The second-order valence-electron chi connectivity index (χ2n) is 4.55. The van der Waals surface area contributed by atoms with Crippen LogP contribution in [0.5, 0.6) is 11.5 Å². The molecule has 1 aromatic rings. The first-order valence-electron chi connectivity index (χ1n) is 6.84. The van der Waals surface area contributed by atoms with Gasteiger partial charge in [0, 0.05) is 12.1 Å². The number of phenols is 1. The number of aromatic hydroxyl groups is 1. The molecule has 0 amide bonds. The Morgan fingerprint density at radius 1 is 1.21 bits per heavy atom. The van der Waals surface area contributed by atoms with Crippen LogP contribution in [0.4, 0.5) is 0 Å². The lowest BCUT2D eigenvalue weighted by molar-refractivity contribution is 0.369. The van der Waals surface area contributed by atoms with Crippen molar-refractivity contribution in [1.29, 1.82) is 0 Å². The van der Waals surface area contributed by atoms with Crippen molar-refractivity contribution in [1.82, 2.24) is 5.32 Å². The van der Waals surface area contributed by atoms with Crippen LogP contribution >= 0.6 is 11.8 Å². The molecule has 0 aromatic heterocycles. The highest BCUT2D eigenvalue weighted by Crippen LogP contribution is 2.28. The predicted molar refractivity (Wildman–Crippen MR) is 83.2 cm³/mol. The number of nitrogens with one attached hydrogen (secondary N) is 1. The van der Waals surface area contributed by atoms with Crippen molar-refractivity contribution in [2.24, 2.45) is 0 Å². The molecule has 0 radical (unpaired) electrons. The molecule has 0 saturated heterocycles. The van der Waals surface area contributed by atoms with Gasteiger partial charge in [-0.2, -0.15) is 11.8 Å². The molecular formula is C15H25NO2S. The molecule has 0 spiro atoms. The molecule has 0 heterocycles. The number of benzene rings is 1. The van der Waals surface area contributed by atoms with Gasteiger partial charge in [0.2, 0.25) is 0 Å². The van der Waals surface area contributed by atoms with Crippen LogP contribution < -0.4 is 10.1 Å². The first-order chi connectivity index (χ1) is 9.29. The Morgan fingerprint density at radius 3 is 2.74 bits per heavy atom. The predicted octanol–water partition coefficient (Wildman–Crippen LogP) is 3.41. The van der Waals surface area contributed by atoms with E-state index in [1.807, 2.05) is 23.9 Å². The first kappa shape index (κ1) is 16.2. The summed E-state index contributed by atoms with van der Waals surface area (Å²) < 4.78 is 5.09. The van der Waals surface area contributed by atoms with Crippen molar-refractivity contribution in [2.45, 2.75) is 32.2 Å². The van der Waals surface area contributed by atoms with Crippen molar-refractivity contribution in [2.75, 3.05) is 25.7 Å². The summed E-state index contributed by atoms with van der Waals surface area (Å²) in [7, 11) is 1.57. The van der Waals surface area contributed by atoms with Crippen LogP contribution in [0.1, 0.15) is 31.2 Å². The third-order valence-electron chi connectivity index (χ3n) is 3.07. The number of unbranched alkanes of at least 4 members (excludes halogenated alkanes) is 3. The van der Waals surface area contributed by atoms with Crippen LogP contribution in [0, 0.1) is 0 Å². The maximum atomic E-state index is 9.92. The minimum Gasteiger partial charge on any atom is -0.504 e. The fourth-order valence-corrected chi connectivity index (χ4v) is 2.44. The number of phenolic OH excluding ortho intramolecular Hbond substituents is 1. The van der Waals surface area contributed by atoms with Crippen molar-refractivity contribution < 1.29 is 9.84 Å². The van der Waals surface area contributed by atoms with E-state index in [4.69, 9.17) is 4.74 Å². The number of thioether (sulfide) groups is 1. The van der Waals surface area contributed by atoms with E-state index >= 15 is 0 Å². The number of hydrogen-bond acceptors (Lipinski definition) is 4. The molecule has 4 heteroatoms. The molecule has 0 atom stereocenters. The lowest BCUT2D eigenvalue weighted by Gasteiger charge is -2.09. The van der Waals surface area contributed by atoms with Gasteiger partial charge in [-0.25, -0.2) is 0 Å². The summed E-state index contributed by atoms with van der Waals surface area (Å²) in [5.41, 5.74) is 0.890. The molecular weight excluding hydrogens is 258 g/mol. The van der Waals surface area contributed by atoms with Gasteiger partial charge in [0.05, 0.1) is 7.11 Å². The summed E-state index contributed by atoms with van der Waals surface area (Å²) in [6.07, 6.45) is 7.25. The lowest BCUT2D eigenvalue weighted by atomic mass is 10.1. The largest absolute Gasteiger partial charge is 0.504 e. The monoisotopic (exact) mass is 283 g/mol. The van der Waals surface area contributed by atoms with E-state index < -0.39 is 0 Å². The smallest absolute Gasteiger partial charge is 0.162 e. The molecule has 19 heavy (non-hydrogen) atoms. The molecule has 1 rings (SSSR count). The average molecular weight is 283 g/mol. The van der Waals surface area contributed by atoms with Crippen molar-refractivity contribution in [3.63, 3.8) is 0 Å². The zero-order valence-corrected chi connectivity index (χ0v) is 12.8. The van der Waals surface area contributed by atoms with Crippen LogP contribution in [0.3, 0.4) is 0 Å². The van der Waals surface area contributed by atoms with E-state index in [2.05, 4.69) is 11.6 Å². The third kappa shape index (κ3) is 6.21. The lowest BCUT2D eigenvalue weighted by Crippen LogP contribution is -2.14. The Bertz CT molecular complexity index is 358. The van der Waals surface area contributed by atoms with Gasteiger partial charge in [-0.05, 0) is 37.5 Å². The fraction of sp³-hybridized carbons (Fsp3) is 0.600. The van der Waals surface area contributed by atoms with Crippen LogP contribution in [-0.4, -0.2) is 30.8 Å². The van der Waals surface area contributed by atoms with Crippen molar-refractivity contribution in [3.05, 3.63) is 23.8 Å². The molecule has 0 bridgehead atoms. The maximum Gasteiger partial charge on any atom is 0.162 e. The Labute approximate surface area is 120 Å². The molecule has 3 nitrogen and oxygen atoms in total. The SMILES string of the molecule is COc1cccc(CNCCCCCCSC)c1O. The van der Waals surface area contributed by atoms with Gasteiger partial charge in [0.15, 0.2) is 11.5 Å². The summed E-state index contributed by atoms with van der Waals surface area (Å²) in [6.45, 7) is 1.68. The van der Waals surface area contributed by atoms with Gasteiger partial charge in [0.1, 0.15) is 0 Å². The van der Waals surface area contributed by atoms with Gasteiger partial charge in [-0.1, -0.05) is 25.0 Å². The quantitative estimate of drug-likeness (QED) is 0.646. The summed E-state index contributed by atoms with van der Waals surface area (Å²) >= 11 is 1.92. The third-order valence-corrected chi connectivity index (χ3v) is 3.77. The Morgan fingerprint density at radius 2 is 2.00 bits per heavy atom. The van der Waals surface area contributed by atoms with Crippen molar-refractivity contribution in [3.8, 4) is 11.5 Å².